The molecule has 0 unspecified atom stereocenters. The van der Waals surface area contributed by atoms with Crippen LogP contribution in [0, 0.1) is 6.92 Å². The normalized spacial score (nSPS) is 14.5. The van der Waals surface area contributed by atoms with Gasteiger partial charge in [0, 0.05) is 11.6 Å². The van der Waals surface area contributed by atoms with Crippen LogP contribution in [0.3, 0.4) is 0 Å². The van der Waals surface area contributed by atoms with Crippen molar-refractivity contribution in [2.24, 2.45) is 0 Å². The Morgan fingerprint density at radius 1 is 1.06 bits per heavy atom. The van der Waals surface area contributed by atoms with Crippen molar-refractivity contribution in [2.45, 2.75) is 51.5 Å². The lowest BCUT2D eigenvalue weighted by atomic mass is 10.1. The van der Waals surface area contributed by atoms with E-state index in [4.69, 9.17) is 4.74 Å². The minimum Gasteiger partial charge on any atom is -0.508 e. The van der Waals surface area contributed by atoms with Crippen LogP contribution in [0.4, 0.5) is 0 Å². The fourth-order valence-corrected chi connectivity index (χ4v) is 4.15. The van der Waals surface area contributed by atoms with Crippen molar-refractivity contribution in [1.82, 2.24) is 15.3 Å². The molecule has 0 bridgehead atoms. The average molecular weight is 448 g/mol. The number of benzene rings is 2. The highest BCUT2D eigenvalue weighted by Gasteiger charge is 2.15. The molecule has 1 aromatic heterocycles. The molecule has 1 heterocycles. The lowest BCUT2D eigenvalue weighted by Gasteiger charge is -2.16. The van der Waals surface area contributed by atoms with Gasteiger partial charge >= 0.3 is 5.69 Å². The summed E-state index contributed by atoms with van der Waals surface area (Å²) in [6.07, 6.45) is 6.89. The number of carbonyl (C=O) groups is 1. The summed E-state index contributed by atoms with van der Waals surface area (Å²) >= 11 is 0. The van der Waals surface area contributed by atoms with Crippen molar-refractivity contribution >= 4 is 5.91 Å². The number of phenolic OH excluding ortho intramolecular Hbond substituents is 1. The summed E-state index contributed by atoms with van der Waals surface area (Å²) in [6.45, 7) is 1.77. The van der Waals surface area contributed by atoms with E-state index < -0.39 is 5.69 Å². The maximum atomic E-state index is 12.2. The second kappa shape index (κ2) is 10.3. The zero-order chi connectivity index (χ0) is 23.2. The van der Waals surface area contributed by atoms with Crippen molar-refractivity contribution in [3.05, 3.63) is 64.6 Å². The van der Waals surface area contributed by atoms with Crippen LogP contribution < -0.4 is 15.7 Å². The fraction of sp³-hybridized carbons (Fsp3) is 0.346. The van der Waals surface area contributed by atoms with Crippen molar-refractivity contribution in [1.29, 1.82) is 0 Å². The Kier molecular flexibility index (Phi) is 7.07. The lowest BCUT2D eigenvalue weighted by molar-refractivity contribution is -0.123. The zero-order valence-electron chi connectivity index (χ0n) is 18.8. The second-order valence-corrected chi connectivity index (χ2v) is 8.56. The van der Waals surface area contributed by atoms with Crippen molar-refractivity contribution in [2.75, 3.05) is 6.61 Å². The molecule has 3 aromatic rings. The first-order valence-corrected chi connectivity index (χ1v) is 11.4. The number of aromatic hydroxyl groups is 1. The fourth-order valence-electron chi connectivity index (χ4n) is 4.15. The van der Waals surface area contributed by atoms with Crippen LogP contribution in [0.1, 0.15) is 44.1 Å². The van der Waals surface area contributed by atoms with Gasteiger partial charge in [0.05, 0.1) is 11.4 Å². The van der Waals surface area contributed by atoms with Gasteiger partial charge in [0.1, 0.15) is 11.5 Å². The molecular formula is C26H29N3O4. The van der Waals surface area contributed by atoms with E-state index >= 15 is 0 Å². The SMILES string of the molecule is Cc1cc(-c2cc(-c3ccc(OCC(=O)NC4CCCCCC4)cc3)[nH]c(=O)n2)ccc1O. The molecule has 7 heteroatoms. The lowest BCUT2D eigenvalue weighted by Crippen LogP contribution is -2.37. The third-order valence-corrected chi connectivity index (χ3v) is 5.99. The highest BCUT2D eigenvalue weighted by atomic mass is 16.5. The predicted octanol–water partition coefficient (Wildman–Crippen LogP) is 4.34. The minimum atomic E-state index is -0.455. The quantitative estimate of drug-likeness (QED) is 0.488. The molecule has 33 heavy (non-hydrogen) atoms. The summed E-state index contributed by atoms with van der Waals surface area (Å²) in [5.74, 6) is 0.682. The van der Waals surface area contributed by atoms with Crippen molar-refractivity contribution in [3.63, 3.8) is 0 Å². The molecule has 7 nitrogen and oxygen atoms in total. The van der Waals surface area contributed by atoms with Crippen molar-refractivity contribution < 1.29 is 14.6 Å². The number of ether oxygens (including phenoxy) is 1. The molecule has 3 N–H and O–H groups in total. The third-order valence-electron chi connectivity index (χ3n) is 5.99. The van der Waals surface area contributed by atoms with Gasteiger partial charge in [-0.2, -0.15) is 4.98 Å². The third kappa shape index (κ3) is 6.00. The first kappa shape index (κ1) is 22.6. The summed E-state index contributed by atoms with van der Waals surface area (Å²) in [5.41, 5.74) is 2.93. The summed E-state index contributed by atoms with van der Waals surface area (Å²) in [4.78, 5) is 31.2. The number of phenols is 1. The monoisotopic (exact) mass is 447 g/mol. The zero-order valence-corrected chi connectivity index (χ0v) is 18.8. The van der Waals surface area contributed by atoms with Gasteiger partial charge in [0.15, 0.2) is 6.61 Å². The molecule has 0 spiro atoms. The Morgan fingerprint density at radius 2 is 1.76 bits per heavy atom. The highest BCUT2D eigenvalue weighted by molar-refractivity contribution is 5.78. The Hall–Kier alpha value is -3.61. The molecule has 4 rings (SSSR count). The number of carbonyl (C=O) groups excluding carboxylic acids is 1. The standard InChI is InChI=1S/C26H29N3O4/c1-17-14-19(10-13-24(17)30)23-15-22(28-26(32)29-23)18-8-11-21(12-9-18)33-16-25(31)27-20-6-4-2-3-5-7-20/h8-15,20,30H,2-7,16H2,1H3,(H,27,31)(H,28,29,32). The van der Waals surface area contributed by atoms with Gasteiger partial charge in [0.25, 0.3) is 5.91 Å². The van der Waals surface area contributed by atoms with E-state index in [1.54, 1.807) is 43.3 Å². The molecule has 1 amide bonds. The smallest absolute Gasteiger partial charge is 0.345 e. The predicted molar refractivity (Wildman–Crippen MR) is 127 cm³/mol. The number of nitrogens with zero attached hydrogens (tertiary/aromatic N) is 1. The molecule has 1 fully saturated rings. The molecule has 0 radical (unpaired) electrons. The van der Waals surface area contributed by atoms with Crippen LogP contribution in [-0.2, 0) is 4.79 Å². The van der Waals surface area contributed by atoms with Crippen LogP contribution in [0.5, 0.6) is 11.5 Å². The van der Waals surface area contributed by atoms with E-state index in [1.165, 1.54) is 25.7 Å². The molecule has 1 saturated carbocycles. The number of aromatic nitrogens is 2. The number of nitrogens with one attached hydrogen (secondary N) is 2. The number of rotatable bonds is 6. The van der Waals surface area contributed by atoms with Crippen LogP contribution in [0.15, 0.2) is 53.3 Å². The van der Waals surface area contributed by atoms with Crippen molar-refractivity contribution in [3.8, 4) is 34.0 Å². The summed E-state index contributed by atoms with van der Waals surface area (Å²) in [5, 5.41) is 12.8. The second-order valence-electron chi connectivity index (χ2n) is 8.56. The van der Waals surface area contributed by atoms with E-state index in [0.29, 0.717) is 22.7 Å². The Morgan fingerprint density at radius 3 is 2.45 bits per heavy atom. The highest BCUT2D eigenvalue weighted by Crippen LogP contribution is 2.27. The van der Waals surface area contributed by atoms with Gasteiger partial charge in [-0.15, -0.1) is 0 Å². The van der Waals surface area contributed by atoms with Crippen LogP contribution >= 0.6 is 0 Å². The first-order chi connectivity index (χ1) is 16.0. The molecule has 1 aliphatic rings. The summed E-state index contributed by atoms with van der Waals surface area (Å²) < 4.78 is 5.65. The average Bonchev–Trinajstić information content (AvgIpc) is 3.08. The number of aryl methyl sites for hydroxylation is 1. The molecule has 1 aliphatic carbocycles. The minimum absolute atomic E-state index is 0.0215. The van der Waals surface area contributed by atoms with E-state index in [9.17, 15) is 14.7 Å². The number of H-pyrrole nitrogens is 1. The van der Waals surface area contributed by atoms with Gasteiger partial charge in [-0.1, -0.05) is 25.7 Å². The molecule has 0 atom stereocenters. The number of aromatic amines is 1. The molecule has 2 aromatic carbocycles. The Labute approximate surface area is 192 Å². The maximum Gasteiger partial charge on any atom is 0.345 e. The van der Waals surface area contributed by atoms with E-state index in [-0.39, 0.29) is 24.3 Å². The molecule has 0 saturated heterocycles. The van der Waals surface area contributed by atoms with Gasteiger partial charge in [-0.05, 0) is 79.4 Å². The molecular weight excluding hydrogens is 418 g/mol. The van der Waals surface area contributed by atoms with Crippen LogP contribution in [0.2, 0.25) is 0 Å². The van der Waals surface area contributed by atoms with Gasteiger partial charge in [-0.25, -0.2) is 4.79 Å². The van der Waals surface area contributed by atoms with E-state index in [1.807, 2.05) is 12.1 Å². The Bertz CT molecular complexity index is 1160. The summed E-state index contributed by atoms with van der Waals surface area (Å²) in [6, 6.07) is 14.4. The van der Waals surface area contributed by atoms with Crippen LogP contribution in [-0.4, -0.2) is 33.6 Å². The number of amides is 1. The summed E-state index contributed by atoms with van der Waals surface area (Å²) in [7, 11) is 0. The van der Waals surface area contributed by atoms with Gasteiger partial charge < -0.3 is 20.1 Å². The molecule has 0 aliphatic heterocycles. The number of hydrogen-bond donors (Lipinski definition) is 3. The van der Waals surface area contributed by atoms with E-state index in [2.05, 4.69) is 15.3 Å². The number of hydrogen-bond acceptors (Lipinski definition) is 5. The van der Waals surface area contributed by atoms with E-state index in [0.717, 1.165) is 24.0 Å². The first-order valence-electron chi connectivity index (χ1n) is 11.4. The largest absolute Gasteiger partial charge is 0.508 e. The van der Waals surface area contributed by atoms with Crippen LogP contribution in [0.25, 0.3) is 22.5 Å². The van der Waals surface area contributed by atoms with Gasteiger partial charge in [-0.3, -0.25) is 4.79 Å². The maximum absolute atomic E-state index is 12.2. The Balaban J connectivity index is 1.41. The molecule has 172 valence electrons. The van der Waals surface area contributed by atoms with Gasteiger partial charge in [0.2, 0.25) is 0 Å². The topological polar surface area (TPSA) is 104 Å².